The van der Waals surface area contributed by atoms with Crippen molar-refractivity contribution in [2.75, 3.05) is 0 Å². The fourth-order valence-electron chi connectivity index (χ4n) is 2.52. The molecule has 3 heteroatoms. The molecule has 0 aromatic carbocycles. The lowest BCUT2D eigenvalue weighted by Gasteiger charge is -2.23. The molecule has 0 aliphatic rings. The van der Waals surface area contributed by atoms with Gasteiger partial charge in [-0.25, -0.2) is 0 Å². The molecule has 2 atom stereocenters. The molecule has 0 fully saturated rings. The normalized spacial score (nSPS) is 14.3. The van der Waals surface area contributed by atoms with Gasteiger partial charge in [0.25, 0.3) is 0 Å². The second-order valence-corrected chi connectivity index (χ2v) is 6.46. The van der Waals surface area contributed by atoms with Crippen molar-refractivity contribution >= 4 is 11.3 Å². The molecule has 0 aliphatic carbocycles. The quantitative estimate of drug-likeness (QED) is 0.864. The Hall–Kier alpha value is -1.19. The summed E-state index contributed by atoms with van der Waals surface area (Å²) < 4.78 is 0. The van der Waals surface area contributed by atoms with Gasteiger partial charge in [0.1, 0.15) is 0 Å². The number of hydrogen-bond donors (Lipinski definition) is 1. The predicted octanol–water partition coefficient (Wildman–Crippen LogP) is 4.56. The number of aromatic nitrogens is 1. The molecule has 0 spiro atoms. The van der Waals surface area contributed by atoms with Crippen molar-refractivity contribution in [3.05, 3.63) is 51.5 Å². The summed E-state index contributed by atoms with van der Waals surface area (Å²) in [6.07, 6.45) is 4.81. The molecule has 0 aliphatic heterocycles. The first-order chi connectivity index (χ1) is 9.11. The zero-order valence-corrected chi connectivity index (χ0v) is 12.9. The molecular weight excluding hydrogens is 252 g/mol. The van der Waals surface area contributed by atoms with Crippen LogP contribution in [0.2, 0.25) is 0 Å². The van der Waals surface area contributed by atoms with E-state index in [-0.39, 0.29) is 0 Å². The van der Waals surface area contributed by atoms with Crippen molar-refractivity contribution in [2.45, 2.75) is 46.2 Å². The number of aryl methyl sites for hydroxylation is 2. The van der Waals surface area contributed by atoms with Gasteiger partial charge in [-0.15, -0.1) is 11.3 Å². The van der Waals surface area contributed by atoms with Gasteiger partial charge in [0.05, 0.1) is 0 Å². The largest absolute Gasteiger partial charge is 0.303 e. The number of nitrogens with one attached hydrogen (secondary N) is 1. The van der Waals surface area contributed by atoms with Crippen LogP contribution in [0, 0.1) is 13.8 Å². The molecule has 1 N–H and O–H groups in total. The van der Waals surface area contributed by atoms with Crippen LogP contribution in [0.1, 0.15) is 53.2 Å². The van der Waals surface area contributed by atoms with Gasteiger partial charge in [0, 0.05) is 34.2 Å². The van der Waals surface area contributed by atoms with Crippen molar-refractivity contribution in [2.24, 2.45) is 0 Å². The number of pyridine rings is 1. The van der Waals surface area contributed by atoms with Gasteiger partial charge in [-0.05, 0) is 56.5 Å². The van der Waals surface area contributed by atoms with Crippen molar-refractivity contribution < 1.29 is 0 Å². The smallest absolute Gasteiger partial charge is 0.0324 e. The van der Waals surface area contributed by atoms with Crippen LogP contribution in [0.25, 0.3) is 0 Å². The summed E-state index contributed by atoms with van der Waals surface area (Å²) in [5, 5.41) is 3.73. The monoisotopic (exact) mass is 274 g/mol. The summed E-state index contributed by atoms with van der Waals surface area (Å²) in [5.74, 6) is 0. The van der Waals surface area contributed by atoms with E-state index in [9.17, 15) is 0 Å². The van der Waals surface area contributed by atoms with Gasteiger partial charge in [-0.1, -0.05) is 6.92 Å². The molecular formula is C16H22N2S. The van der Waals surface area contributed by atoms with Crippen molar-refractivity contribution in [3.8, 4) is 0 Å². The fourth-order valence-corrected chi connectivity index (χ4v) is 3.54. The van der Waals surface area contributed by atoms with Gasteiger partial charge in [0.15, 0.2) is 0 Å². The summed E-state index contributed by atoms with van der Waals surface area (Å²) in [6.45, 7) is 8.85. The Morgan fingerprint density at radius 1 is 1.26 bits per heavy atom. The van der Waals surface area contributed by atoms with Crippen LogP contribution in [-0.2, 0) is 0 Å². The zero-order valence-electron chi connectivity index (χ0n) is 12.1. The molecule has 2 heterocycles. The molecule has 102 valence electrons. The Morgan fingerprint density at radius 3 is 2.47 bits per heavy atom. The standard InChI is InChI=1S/C16H22N2S/c1-5-16(14-6-8-17-9-7-14)18-12(3)15-10-11(2)19-13(15)4/h6-10,12,16,18H,5H2,1-4H3/t12-,16+/m1/s1. The third kappa shape index (κ3) is 3.43. The molecule has 2 aromatic heterocycles. The summed E-state index contributed by atoms with van der Waals surface area (Å²) in [4.78, 5) is 6.90. The van der Waals surface area contributed by atoms with Gasteiger partial charge < -0.3 is 5.32 Å². The van der Waals surface area contributed by atoms with E-state index in [0.717, 1.165) is 6.42 Å². The highest BCUT2D eigenvalue weighted by atomic mass is 32.1. The maximum atomic E-state index is 4.09. The van der Waals surface area contributed by atoms with E-state index in [0.29, 0.717) is 12.1 Å². The number of thiophene rings is 1. The summed E-state index contributed by atoms with van der Waals surface area (Å²) >= 11 is 1.88. The molecule has 0 unspecified atom stereocenters. The first-order valence-corrected chi connectivity index (χ1v) is 7.66. The highest BCUT2D eigenvalue weighted by Crippen LogP contribution is 2.28. The Bertz CT molecular complexity index is 519. The van der Waals surface area contributed by atoms with E-state index >= 15 is 0 Å². The summed E-state index contributed by atoms with van der Waals surface area (Å²) in [6, 6.07) is 7.26. The maximum absolute atomic E-state index is 4.09. The minimum Gasteiger partial charge on any atom is -0.303 e. The van der Waals surface area contributed by atoms with E-state index in [4.69, 9.17) is 0 Å². The zero-order chi connectivity index (χ0) is 13.8. The van der Waals surface area contributed by atoms with E-state index in [1.54, 1.807) is 0 Å². The molecule has 0 saturated carbocycles. The fraction of sp³-hybridized carbons (Fsp3) is 0.438. The van der Waals surface area contributed by atoms with E-state index in [1.165, 1.54) is 20.9 Å². The Morgan fingerprint density at radius 2 is 1.95 bits per heavy atom. The SMILES string of the molecule is CC[C@H](N[C@H](C)c1cc(C)sc1C)c1ccncc1. The Kier molecular flexibility index (Phi) is 4.72. The highest BCUT2D eigenvalue weighted by molar-refractivity contribution is 7.12. The average Bonchev–Trinajstić information content (AvgIpc) is 2.76. The second kappa shape index (κ2) is 6.31. The summed E-state index contributed by atoms with van der Waals surface area (Å²) in [7, 11) is 0. The molecule has 0 amide bonds. The van der Waals surface area contributed by atoms with Crippen molar-refractivity contribution in [3.63, 3.8) is 0 Å². The predicted molar refractivity (Wildman–Crippen MR) is 82.6 cm³/mol. The first-order valence-electron chi connectivity index (χ1n) is 6.84. The number of nitrogens with zero attached hydrogens (tertiary/aromatic N) is 1. The van der Waals surface area contributed by atoms with Crippen LogP contribution in [0.5, 0.6) is 0 Å². The van der Waals surface area contributed by atoms with Crippen LogP contribution in [-0.4, -0.2) is 4.98 Å². The van der Waals surface area contributed by atoms with E-state index in [2.05, 4.69) is 56.2 Å². The van der Waals surface area contributed by atoms with Crippen LogP contribution in [0.15, 0.2) is 30.6 Å². The van der Waals surface area contributed by atoms with Crippen LogP contribution < -0.4 is 5.32 Å². The molecule has 0 saturated heterocycles. The topological polar surface area (TPSA) is 24.9 Å². The molecule has 2 nitrogen and oxygen atoms in total. The van der Waals surface area contributed by atoms with Crippen molar-refractivity contribution in [1.29, 1.82) is 0 Å². The Labute approximate surface area is 119 Å². The molecule has 2 aromatic rings. The third-order valence-electron chi connectivity index (χ3n) is 3.51. The minimum atomic E-state index is 0.378. The average molecular weight is 274 g/mol. The van der Waals surface area contributed by atoms with Gasteiger partial charge >= 0.3 is 0 Å². The lowest BCUT2D eigenvalue weighted by Crippen LogP contribution is -2.24. The summed E-state index contributed by atoms with van der Waals surface area (Å²) in [5.41, 5.74) is 2.74. The highest BCUT2D eigenvalue weighted by Gasteiger charge is 2.16. The number of hydrogen-bond acceptors (Lipinski definition) is 3. The van der Waals surface area contributed by atoms with Gasteiger partial charge in [-0.2, -0.15) is 0 Å². The lowest BCUT2D eigenvalue weighted by atomic mass is 10.0. The minimum absolute atomic E-state index is 0.378. The van der Waals surface area contributed by atoms with Crippen LogP contribution in [0.3, 0.4) is 0 Å². The molecule has 0 bridgehead atoms. The van der Waals surface area contributed by atoms with E-state index < -0.39 is 0 Å². The molecule has 2 rings (SSSR count). The Balaban J connectivity index is 2.13. The van der Waals surface area contributed by atoms with E-state index in [1.807, 2.05) is 23.7 Å². The van der Waals surface area contributed by atoms with Crippen LogP contribution in [0.4, 0.5) is 0 Å². The second-order valence-electron chi connectivity index (χ2n) is 5.00. The van der Waals surface area contributed by atoms with Gasteiger partial charge in [-0.3, -0.25) is 4.98 Å². The first kappa shape index (κ1) is 14.2. The van der Waals surface area contributed by atoms with Crippen LogP contribution >= 0.6 is 11.3 Å². The number of rotatable bonds is 5. The lowest BCUT2D eigenvalue weighted by molar-refractivity contribution is 0.456. The van der Waals surface area contributed by atoms with Gasteiger partial charge in [0.2, 0.25) is 0 Å². The molecule has 19 heavy (non-hydrogen) atoms. The maximum Gasteiger partial charge on any atom is 0.0324 e. The van der Waals surface area contributed by atoms with Crippen molar-refractivity contribution in [1.82, 2.24) is 10.3 Å². The molecule has 0 radical (unpaired) electrons. The third-order valence-corrected chi connectivity index (χ3v) is 4.50.